The van der Waals surface area contributed by atoms with E-state index in [0.717, 1.165) is 0 Å². The summed E-state index contributed by atoms with van der Waals surface area (Å²) in [6.07, 6.45) is -1.39. The van der Waals surface area contributed by atoms with Crippen LogP contribution in [0.3, 0.4) is 0 Å². The molecule has 0 saturated carbocycles. The molecule has 0 radical (unpaired) electrons. The Bertz CT molecular complexity index is 313. The van der Waals surface area contributed by atoms with Gasteiger partial charge in [0.2, 0.25) is 0 Å². The molecule has 0 saturated heterocycles. The first-order valence-corrected chi connectivity index (χ1v) is 4.48. The molecule has 0 spiro atoms. The second kappa shape index (κ2) is 3.86. The number of hydrogen-bond donors (Lipinski definition) is 2. The summed E-state index contributed by atoms with van der Waals surface area (Å²) >= 11 is 0. The summed E-state index contributed by atoms with van der Waals surface area (Å²) in [4.78, 5) is 0. The van der Waals surface area contributed by atoms with Crippen LogP contribution in [0, 0.1) is 0 Å². The van der Waals surface area contributed by atoms with E-state index in [-0.39, 0.29) is 13.2 Å². The van der Waals surface area contributed by atoms with E-state index in [1.807, 2.05) is 12.1 Å². The van der Waals surface area contributed by atoms with Gasteiger partial charge < -0.3 is 19.7 Å². The average molecular weight is 196 g/mol. The monoisotopic (exact) mass is 196 g/mol. The average Bonchev–Trinajstić information content (AvgIpc) is 2.27. The van der Waals surface area contributed by atoms with E-state index < -0.39 is 12.2 Å². The van der Waals surface area contributed by atoms with Gasteiger partial charge in [-0.05, 0) is 12.1 Å². The van der Waals surface area contributed by atoms with Gasteiger partial charge in [-0.3, -0.25) is 0 Å². The number of fused-ring (bicyclic) bond motifs is 1. The number of ether oxygens (including phenoxy) is 2. The van der Waals surface area contributed by atoms with E-state index in [1.165, 1.54) is 0 Å². The van der Waals surface area contributed by atoms with Gasteiger partial charge in [0.15, 0.2) is 17.6 Å². The third-order valence-electron chi connectivity index (χ3n) is 2.15. The van der Waals surface area contributed by atoms with Crippen molar-refractivity contribution < 1.29 is 19.7 Å². The van der Waals surface area contributed by atoms with Crippen LogP contribution in [0.1, 0.15) is 0 Å². The minimum atomic E-state index is -0.900. The van der Waals surface area contributed by atoms with Crippen LogP contribution in [0.25, 0.3) is 0 Å². The molecular formula is C10H12O4. The van der Waals surface area contributed by atoms with Crippen molar-refractivity contribution in [3.05, 3.63) is 24.3 Å². The Kier molecular flexibility index (Phi) is 2.56. The highest BCUT2D eigenvalue weighted by Crippen LogP contribution is 2.31. The lowest BCUT2D eigenvalue weighted by Crippen LogP contribution is -2.41. The van der Waals surface area contributed by atoms with Crippen LogP contribution < -0.4 is 9.47 Å². The maximum Gasteiger partial charge on any atom is 0.161 e. The Balaban J connectivity index is 2.13. The van der Waals surface area contributed by atoms with Crippen LogP contribution in [-0.2, 0) is 0 Å². The predicted molar refractivity (Wildman–Crippen MR) is 49.4 cm³/mol. The van der Waals surface area contributed by atoms with Crippen molar-refractivity contribution >= 4 is 0 Å². The van der Waals surface area contributed by atoms with Crippen molar-refractivity contribution in [2.45, 2.75) is 12.2 Å². The highest BCUT2D eigenvalue weighted by molar-refractivity contribution is 5.40. The Hall–Kier alpha value is -1.26. The topological polar surface area (TPSA) is 58.9 Å². The van der Waals surface area contributed by atoms with Crippen molar-refractivity contribution in [1.29, 1.82) is 0 Å². The molecule has 1 heterocycles. The number of benzene rings is 1. The van der Waals surface area contributed by atoms with Crippen LogP contribution in [0.15, 0.2) is 24.3 Å². The molecule has 1 aliphatic heterocycles. The van der Waals surface area contributed by atoms with Gasteiger partial charge in [-0.25, -0.2) is 0 Å². The van der Waals surface area contributed by atoms with Crippen LogP contribution in [0.4, 0.5) is 0 Å². The SMILES string of the molecule is OCC(O)C1COc2ccccc2O1. The van der Waals surface area contributed by atoms with Gasteiger partial charge in [-0.1, -0.05) is 12.1 Å². The molecule has 0 fully saturated rings. The molecule has 0 aliphatic carbocycles. The zero-order chi connectivity index (χ0) is 9.97. The van der Waals surface area contributed by atoms with Crippen molar-refractivity contribution in [2.24, 2.45) is 0 Å². The number of rotatable bonds is 2. The Labute approximate surface area is 81.7 Å². The van der Waals surface area contributed by atoms with Crippen LogP contribution in [0.2, 0.25) is 0 Å². The summed E-state index contributed by atoms with van der Waals surface area (Å²) in [6, 6.07) is 7.25. The fourth-order valence-electron chi connectivity index (χ4n) is 1.34. The van der Waals surface area contributed by atoms with Crippen LogP contribution >= 0.6 is 0 Å². The Morgan fingerprint density at radius 1 is 1.36 bits per heavy atom. The van der Waals surface area contributed by atoms with E-state index in [1.54, 1.807) is 12.1 Å². The second-order valence-electron chi connectivity index (χ2n) is 3.16. The largest absolute Gasteiger partial charge is 0.486 e. The normalized spacial score (nSPS) is 21.7. The first-order valence-electron chi connectivity index (χ1n) is 4.48. The summed E-state index contributed by atoms with van der Waals surface area (Å²) in [5.74, 6) is 1.28. The quantitative estimate of drug-likeness (QED) is 0.708. The first-order chi connectivity index (χ1) is 6.81. The predicted octanol–water partition coefficient (Wildman–Crippen LogP) is 0.180. The molecule has 1 aliphatic rings. The van der Waals surface area contributed by atoms with Gasteiger partial charge in [-0.2, -0.15) is 0 Å². The van der Waals surface area contributed by atoms with E-state index in [2.05, 4.69) is 0 Å². The van der Waals surface area contributed by atoms with Gasteiger partial charge in [0.05, 0.1) is 6.61 Å². The summed E-state index contributed by atoms with van der Waals surface area (Å²) in [7, 11) is 0. The molecule has 0 amide bonds. The summed E-state index contributed by atoms with van der Waals surface area (Å²) in [5.41, 5.74) is 0. The molecule has 76 valence electrons. The van der Waals surface area contributed by atoms with Crippen molar-refractivity contribution in [3.8, 4) is 11.5 Å². The lowest BCUT2D eigenvalue weighted by atomic mass is 10.2. The van der Waals surface area contributed by atoms with Crippen molar-refractivity contribution in [3.63, 3.8) is 0 Å². The lowest BCUT2D eigenvalue weighted by molar-refractivity contribution is -0.0346. The fraction of sp³-hybridized carbons (Fsp3) is 0.400. The van der Waals surface area contributed by atoms with E-state index >= 15 is 0 Å². The van der Waals surface area contributed by atoms with E-state index in [9.17, 15) is 5.11 Å². The molecule has 0 bridgehead atoms. The summed E-state index contributed by atoms with van der Waals surface area (Å²) in [6.45, 7) is -0.0606. The molecule has 2 atom stereocenters. The number of aliphatic hydroxyl groups is 2. The third-order valence-corrected chi connectivity index (χ3v) is 2.15. The molecule has 0 aromatic heterocycles. The molecule has 2 N–H and O–H groups in total. The highest BCUT2D eigenvalue weighted by Gasteiger charge is 2.26. The zero-order valence-corrected chi connectivity index (χ0v) is 7.59. The number of para-hydroxylation sites is 2. The van der Waals surface area contributed by atoms with Crippen molar-refractivity contribution in [1.82, 2.24) is 0 Å². The minimum Gasteiger partial charge on any atom is -0.486 e. The van der Waals surface area contributed by atoms with Gasteiger partial charge in [0, 0.05) is 0 Å². The standard InChI is InChI=1S/C10H12O4/c11-5-7(12)10-6-13-8-3-1-2-4-9(8)14-10/h1-4,7,10-12H,5-6H2. The molecular weight excluding hydrogens is 184 g/mol. The highest BCUT2D eigenvalue weighted by atomic mass is 16.6. The molecule has 4 heteroatoms. The van der Waals surface area contributed by atoms with Crippen LogP contribution in [-0.4, -0.2) is 35.6 Å². The van der Waals surface area contributed by atoms with E-state index in [0.29, 0.717) is 11.5 Å². The first kappa shape index (κ1) is 9.30. The van der Waals surface area contributed by atoms with Gasteiger partial charge in [-0.15, -0.1) is 0 Å². The molecule has 2 unspecified atom stereocenters. The van der Waals surface area contributed by atoms with Crippen LogP contribution in [0.5, 0.6) is 11.5 Å². The molecule has 1 aromatic carbocycles. The smallest absolute Gasteiger partial charge is 0.161 e. The summed E-state index contributed by atoms with van der Waals surface area (Å²) < 4.78 is 10.8. The maximum atomic E-state index is 9.35. The molecule has 1 aromatic rings. The fourth-order valence-corrected chi connectivity index (χ4v) is 1.34. The molecule has 2 rings (SSSR count). The summed E-state index contributed by atoms with van der Waals surface area (Å²) in [5, 5.41) is 18.1. The maximum absolute atomic E-state index is 9.35. The minimum absolute atomic E-state index is 0.263. The van der Waals surface area contributed by atoms with Gasteiger partial charge in [0.1, 0.15) is 12.7 Å². The van der Waals surface area contributed by atoms with Gasteiger partial charge >= 0.3 is 0 Å². The third kappa shape index (κ3) is 1.66. The Morgan fingerprint density at radius 2 is 2.07 bits per heavy atom. The zero-order valence-electron chi connectivity index (χ0n) is 7.59. The Morgan fingerprint density at radius 3 is 2.79 bits per heavy atom. The number of aliphatic hydroxyl groups excluding tert-OH is 2. The second-order valence-corrected chi connectivity index (χ2v) is 3.16. The number of hydrogen-bond acceptors (Lipinski definition) is 4. The van der Waals surface area contributed by atoms with Gasteiger partial charge in [0.25, 0.3) is 0 Å². The van der Waals surface area contributed by atoms with E-state index in [4.69, 9.17) is 14.6 Å². The van der Waals surface area contributed by atoms with Crippen molar-refractivity contribution in [2.75, 3.05) is 13.2 Å². The molecule has 4 nitrogen and oxygen atoms in total. The lowest BCUT2D eigenvalue weighted by Gasteiger charge is -2.28. The molecule has 14 heavy (non-hydrogen) atoms.